The molecule has 5 N–H and O–H groups in total. The van der Waals surface area contributed by atoms with E-state index in [9.17, 15) is 35.1 Å². The Morgan fingerprint density at radius 3 is 2.59 bits per heavy atom. The number of carboxylic acids is 1. The Bertz CT molecular complexity index is 795. The highest BCUT2D eigenvalue weighted by Crippen LogP contribution is 2.78. The third kappa shape index (κ3) is 1.52. The van der Waals surface area contributed by atoms with Crippen LogP contribution >= 0.6 is 0 Å². The van der Waals surface area contributed by atoms with Crippen LogP contribution in [0.4, 0.5) is 0 Å². The predicted octanol–water partition coefficient (Wildman–Crippen LogP) is -0.807. The highest BCUT2D eigenvalue weighted by molar-refractivity contribution is 5.85. The molecule has 4 bridgehead atoms. The van der Waals surface area contributed by atoms with Gasteiger partial charge in [0.05, 0.1) is 29.8 Å². The van der Waals surface area contributed by atoms with Crippen LogP contribution in [0.3, 0.4) is 0 Å². The van der Waals surface area contributed by atoms with Crippen LogP contribution in [0.15, 0.2) is 12.2 Å². The third-order valence-corrected chi connectivity index (χ3v) is 8.70. The Labute approximate surface area is 155 Å². The summed E-state index contributed by atoms with van der Waals surface area (Å²) in [5, 5.41) is 53.3. The number of aliphatic carboxylic acids is 1. The second-order valence-electron chi connectivity index (χ2n) is 9.48. The molecule has 0 aromatic carbocycles. The van der Waals surface area contributed by atoms with Gasteiger partial charge in [-0.3, -0.25) is 9.59 Å². The summed E-state index contributed by atoms with van der Waals surface area (Å²) >= 11 is 0. The molecule has 4 aliphatic carbocycles. The molecule has 1 saturated heterocycles. The van der Waals surface area contributed by atoms with Crippen LogP contribution in [0, 0.1) is 28.6 Å². The Hall–Kier alpha value is -1.48. The smallest absolute Gasteiger partial charge is 0.315 e. The van der Waals surface area contributed by atoms with Crippen molar-refractivity contribution in [1.82, 2.24) is 0 Å². The molecule has 5 aliphatic rings. The molecule has 5 rings (SSSR count). The maximum atomic E-state index is 12.8. The Kier molecular flexibility index (Phi) is 2.98. The molecule has 0 radical (unpaired) electrons. The number of carboxylic acid groups (broad SMARTS) is 1. The van der Waals surface area contributed by atoms with E-state index in [4.69, 9.17) is 4.74 Å². The average molecular weight is 380 g/mol. The summed E-state index contributed by atoms with van der Waals surface area (Å²) in [6, 6.07) is 0. The van der Waals surface area contributed by atoms with Gasteiger partial charge in [0.2, 0.25) is 0 Å². The highest BCUT2D eigenvalue weighted by Gasteiger charge is 2.87. The minimum atomic E-state index is -1.59. The minimum absolute atomic E-state index is 0.0275. The van der Waals surface area contributed by atoms with Crippen molar-refractivity contribution in [3.05, 3.63) is 12.2 Å². The van der Waals surface area contributed by atoms with E-state index in [1.165, 1.54) is 6.92 Å². The Morgan fingerprint density at radius 2 is 1.96 bits per heavy atom. The number of rotatable bonds is 1. The first-order valence-corrected chi connectivity index (χ1v) is 9.39. The standard InChI is InChI=1S/C19H24O8/c1-7-12(21)18-6-17(7,26)4-3-9(18)19-5-8(20)13(22)16(2,15(25)27-19)11(19)10(18)14(23)24/h8-13,20-22,26H,1,3-6H2,2H3,(H,23,24)/t8-,9+,10+,11+,12+,13-,16+,17-,18+,19+/m0/s1. The summed E-state index contributed by atoms with van der Waals surface area (Å²) in [4.78, 5) is 25.3. The molecule has 1 aliphatic heterocycles. The predicted molar refractivity (Wildman–Crippen MR) is 88.0 cm³/mol. The third-order valence-electron chi connectivity index (χ3n) is 8.70. The molecular formula is C19H24O8. The van der Waals surface area contributed by atoms with E-state index in [2.05, 4.69) is 6.58 Å². The molecule has 0 aromatic rings. The van der Waals surface area contributed by atoms with Crippen molar-refractivity contribution >= 4 is 11.9 Å². The normalized spacial score (nSPS) is 60.8. The number of aliphatic hydroxyl groups is 4. The second kappa shape index (κ2) is 4.56. The molecule has 0 aromatic heterocycles. The fourth-order valence-corrected chi connectivity index (χ4v) is 7.74. The van der Waals surface area contributed by atoms with Crippen LogP contribution in [0.1, 0.15) is 32.6 Å². The van der Waals surface area contributed by atoms with Gasteiger partial charge in [0.1, 0.15) is 11.0 Å². The SMILES string of the molecule is C=C1[C@@H](O)[C@]23C[C@@]1(O)CC[C@H]2[C@@]12C[C@H](O)[C@H](O)[C@](C)(C(=O)O1)[C@H]2[C@@H]3C(=O)O. The van der Waals surface area contributed by atoms with Gasteiger partial charge >= 0.3 is 11.9 Å². The van der Waals surface area contributed by atoms with Gasteiger partial charge in [0.15, 0.2) is 0 Å². The molecule has 8 heteroatoms. The molecule has 27 heavy (non-hydrogen) atoms. The van der Waals surface area contributed by atoms with Gasteiger partial charge in [-0.15, -0.1) is 0 Å². The molecule has 5 fully saturated rings. The number of esters is 1. The van der Waals surface area contributed by atoms with E-state index in [1.54, 1.807) is 0 Å². The van der Waals surface area contributed by atoms with Crippen LogP contribution in [-0.2, 0) is 14.3 Å². The van der Waals surface area contributed by atoms with Crippen LogP contribution < -0.4 is 0 Å². The van der Waals surface area contributed by atoms with Crippen molar-refractivity contribution in [1.29, 1.82) is 0 Å². The van der Waals surface area contributed by atoms with E-state index in [0.29, 0.717) is 6.42 Å². The summed E-state index contributed by atoms with van der Waals surface area (Å²) in [6.07, 6.45) is -3.36. The van der Waals surface area contributed by atoms with Gasteiger partial charge in [0.25, 0.3) is 0 Å². The molecule has 148 valence electrons. The lowest BCUT2D eigenvalue weighted by Crippen LogP contribution is -2.59. The maximum absolute atomic E-state index is 12.8. The lowest BCUT2D eigenvalue weighted by atomic mass is 9.58. The Morgan fingerprint density at radius 1 is 1.30 bits per heavy atom. The molecule has 0 unspecified atom stereocenters. The highest BCUT2D eigenvalue weighted by atomic mass is 16.6. The van der Waals surface area contributed by atoms with Crippen LogP contribution in [-0.4, -0.2) is 67.0 Å². The van der Waals surface area contributed by atoms with Crippen LogP contribution in [0.2, 0.25) is 0 Å². The number of aliphatic hydroxyl groups excluding tert-OH is 3. The van der Waals surface area contributed by atoms with E-state index >= 15 is 0 Å². The first-order valence-electron chi connectivity index (χ1n) is 9.39. The van der Waals surface area contributed by atoms with Gasteiger partial charge in [-0.2, -0.15) is 0 Å². The van der Waals surface area contributed by atoms with Crippen molar-refractivity contribution < 1.29 is 39.9 Å². The van der Waals surface area contributed by atoms with Crippen molar-refractivity contribution in [3.63, 3.8) is 0 Å². The van der Waals surface area contributed by atoms with Crippen LogP contribution in [0.5, 0.6) is 0 Å². The minimum Gasteiger partial charge on any atom is -0.481 e. The first-order chi connectivity index (χ1) is 12.5. The van der Waals surface area contributed by atoms with Crippen LogP contribution in [0.25, 0.3) is 0 Å². The summed E-state index contributed by atoms with van der Waals surface area (Å²) in [5.74, 6) is -4.55. The maximum Gasteiger partial charge on any atom is 0.315 e. The molecule has 1 spiro atoms. The molecule has 8 nitrogen and oxygen atoms in total. The number of carbonyl (C=O) groups excluding carboxylic acids is 1. The van der Waals surface area contributed by atoms with Gasteiger partial charge in [-0.05, 0) is 31.8 Å². The molecule has 1 heterocycles. The fraction of sp³-hybridized carbons (Fsp3) is 0.789. The first kappa shape index (κ1) is 17.6. The molecule has 0 amide bonds. The largest absolute Gasteiger partial charge is 0.481 e. The lowest BCUT2D eigenvalue weighted by Gasteiger charge is -2.47. The number of hydrogen-bond donors (Lipinski definition) is 5. The number of ether oxygens (including phenoxy) is 1. The van der Waals surface area contributed by atoms with Crippen molar-refractivity contribution in [2.45, 2.75) is 62.1 Å². The summed E-state index contributed by atoms with van der Waals surface area (Å²) in [7, 11) is 0. The second-order valence-corrected chi connectivity index (χ2v) is 9.48. The van der Waals surface area contributed by atoms with Crippen molar-refractivity contribution in [3.8, 4) is 0 Å². The quantitative estimate of drug-likeness (QED) is 0.293. The van der Waals surface area contributed by atoms with Crippen molar-refractivity contribution in [2.75, 3.05) is 0 Å². The monoisotopic (exact) mass is 380 g/mol. The molecule has 4 saturated carbocycles. The zero-order valence-electron chi connectivity index (χ0n) is 15.0. The zero-order valence-corrected chi connectivity index (χ0v) is 15.0. The van der Waals surface area contributed by atoms with E-state index < -0.39 is 70.0 Å². The zero-order chi connectivity index (χ0) is 19.7. The summed E-state index contributed by atoms with van der Waals surface area (Å²) < 4.78 is 5.81. The number of carbonyl (C=O) groups is 2. The van der Waals surface area contributed by atoms with Gasteiger partial charge in [0, 0.05) is 23.7 Å². The number of fused-ring (bicyclic) bond motifs is 1. The summed E-state index contributed by atoms with van der Waals surface area (Å²) in [5.41, 5.74) is -5.25. The summed E-state index contributed by atoms with van der Waals surface area (Å²) in [6.45, 7) is 5.28. The fourth-order valence-electron chi connectivity index (χ4n) is 7.74. The topological polar surface area (TPSA) is 145 Å². The molecule has 10 atom stereocenters. The lowest BCUT2D eigenvalue weighted by molar-refractivity contribution is -0.169. The van der Waals surface area contributed by atoms with Gasteiger partial charge < -0.3 is 30.3 Å². The average Bonchev–Trinajstić information content (AvgIpc) is 3.00. The van der Waals surface area contributed by atoms with E-state index in [1.807, 2.05) is 0 Å². The van der Waals surface area contributed by atoms with Gasteiger partial charge in [-0.25, -0.2) is 0 Å². The van der Waals surface area contributed by atoms with E-state index in [0.717, 1.165) is 0 Å². The van der Waals surface area contributed by atoms with E-state index in [-0.39, 0.29) is 24.8 Å². The molecular weight excluding hydrogens is 356 g/mol. The van der Waals surface area contributed by atoms with Gasteiger partial charge in [-0.1, -0.05) is 6.58 Å². The Balaban J connectivity index is 1.80. The van der Waals surface area contributed by atoms with Crippen molar-refractivity contribution in [2.24, 2.45) is 28.6 Å². The number of hydrogen-bond acceptors (Lipinski definition) is 7.